The van der Waals surface area contributed by atoms with Crippen molar-refractivity contribution in [1.29, 1.82) is 0 Å². The minimum absolute atomic E-state index is 0.0603. The summed E-state index contributed by atoms with van der Waals surface area (Å²) in [6, 6.07) is 9.94. The van der Waals surface area contributed by atoms with Gasteiger partial charge in [-0.3, -0.25) is 9.59 Å². The van der Waals surface area contributed by atoms with Crippen LogP contribution in [0, 0.1) is 5.82 Å². The quantitative estimate of drug-likeness (QED) is 0.648. The van der Waals surface area contributed by atoms with Crippen LogP contribution in [0.3, 0.4) is 0 Å². The Morgan fingerprint density at radius 3 is 2.61 bits per heavy atom. The number of benzene rings is 1. The highest BCUT2D eigenvalue weighted by Crippen LogP contribution is 2.33. The maximum Gasteiger partial charge on any atom is 0.289 e. The second-order valence-corrected chi connectivity index (χ2v) is 7.84. The number of amides is 1. The topological polar surface area (TPSA) is 79.5 Å². The number of aromatic nitrogens is 2. The van der Waals surface area contributed by atoms with Crippen molar-refractivity contribution in [2.75, 3.05) is 31.1 Å². The van der Waals surface area contributed by atoms with Crippen molar-refractivity contribution in [3.8, 4) is 0 Å². The molecule has 5 rings (SSSR count). The Balaban J connectivity index is 1.32. The van der Waals surface area contributed by atoms with Gasteiger partial charge in [-0.1, -0.05) is 18.2 Å². The van der Waals surface area contributed by atoms with E-state index >= 15 is 0 Å². The first-order valence-electron chi connectivity index (χ1n) is 10.3. The number of hydrogen-bond acceptors (Lipinski definition) is 6. The molecule has 1 aromatic carbocycles. The van der Waals surface area contributed by atoms with Crippen LogP contribution in [0.5, 0.6) is 0 Å². The number of carbonyl (C=O) groups is 2. The third kappa shape index (κ3) is 3.69. The summed E-state index contributed by atoms with van der Waals surface area (Å²) in [5.74, 6) is 0.147. The van der Waals surface area contributed by atoms with Gasteiger partial charge in [0, 0.05) is 38.8 Å². The van der Waals surface area contributed by atoms with Crippen LogP contribution < -0.4 is 4.90 Å². The van der Waals surface area contributed by atoms with Crippen LogP contribution in [-0.4, -0.2) is 52.7 Å². The molecule has 8 heteroatoms. The molecule has 1 saturated heterocycles. The lowest BCUT2D eigenvalue weighted by Crippen LogP contribution is -2.49. The Morgan fingerprint density at radius 2 is 1.87 bits per heavy atom. The van der Waals surface area contributed by atoms with Crippen LogP contribution >= 0.6 is 0 Å². The molecular weight excluding hydrogens is 399 g/mol. The van der Waals surface area contributed by atoms with E-state index in [1.54, 1.807) is 41.4 Å². The van der Waals surface area contributed by atoms with Gasteiger partial charge in [0.2, 0.25) is 5.95 Å². The van der Waals surface area contributed by atoms with Gasteiger partial charge in [0.25, 0.3) is 5.91 Å². The van der Waals surface area contributed by atoms with Crippen molar-refractivity contribution in [2.24, 2.45) is 0 Å². The third-order valence-electron chi connectivity index (χ3n) is 5.95. The summed E-state index contributed by atoms with van der Waals surface area (Å²) >= 11 is 0. The van der Waals surface area contributed by atoms with Crippen LogP contribution in [0.2, 0.25) is 0 Å². The summed E-state index contributed by atoms with van der Waals surface area (Å²) in [5, 5.41) is 0. The molecule has 2 aromatic heterocycles. The molecule has 1 aliphatic carbocycles. The largest absolute Gasteiger partial charge is 0.459 e. The van der Waals surface area contributed by atoms with Gasteiger partial charge in [-0.15, -0.1) is 0 Å². The molecule has 0 saturated carbocycles. The Morgan fingerprint density at radius 1 is 1.06 bits per heavy atom. The van der Waals surface area contributed by atoms with Gasteiger partial charge in [-0.25, -0.2) is 14.4 Å². The highest BCUT2D eigenvalue weighted by Gasteiger charge is 2.31. The van der Waals surface area contributed by atoms with Gasteiger partial charge in [-0.05, 0) is 36.1 Å². The predicted octanol–water partition coefficient (Wildman–Crippen LogP) is 3.08. The molecule has 31 heavy (non-hydrogen) atoms. The average molecular weight is 420 g/mol. The summed E-state index contributed by atoms with van der Waals surface area (Å²) < 4.78 is 19.5. The minimum Gasteiger partial charge on any atom is -0.459 e. The molecular formula is C23H21FN4O3. The Kier molecular flexibility index (Phi) is 4.97. The fourth-order valence-corrected chi connectivity index (χ4v) is 4.28. The molecule has 158 valence electrons. The van der Waals surface area contributed by atoms with E-state index in [0.29, 0.717) is 61.1 Å². The number of rotatable bonds is 3. The molecule has 7 nitrogen and oxygen atoms in total. The first-order valence-corrected chi connectivity index (χ1v) is 10.3. The highest BCUT2D eigenvalue weighted by atomic mass is 19.1. The second-order valence-electron chi connectivity index (χ2n) is 7.84. The number of furan rings is 1. The number of piperazine rings is 1. The van der Waals surface area contributed by atoms with E-state index in [1.807, 2.05) is 4.90 Å². The van der Waals surface area contributed by atoms with Crippen molar-refractivity contribution < 1.29 is 18.4 Å². The van der Waals surface area contributed by atoms with E-state index in [9.17, 15) is 14.0 Å². The number of fused-ring (bicyclic) bond motifs is 1. The number of halogens is 1. The summed E-state index contributed by atoms with van der Waals surface area (Å²) in [6.07, 6.45) is 3.82. The van der Waals surface area contributed by atoms with Gasteiger partial charge in [0.1, 0.15) is 5.82 Å². The molecule has 1 aliphatic heterocycles. The van der Waals surface area contributed by atoms with Gasteiger partial charge in [-0.2, -0.15) is 0 Å². The van der Waals surface area contributed by atoms with Crippen LogP contribution in [0.15, 0.2) is 53.3 Å². The molecule has 3 aromatic rings. The maximum absolute atomic E-state index is 14.3. The number of nitrogens with zero attached hydrogens (tertiary/aromatic N) is 4. The lowest BCUT2D eigenvalue weighted by atomic mass is 9.82. The second kappa shape index (κ2) is 7.94. The Labute approximate surface area is 178 Å². The van der Waals surface area contributed by atoms with E-state index in [2.05, 4.69) is 9.97 Å². The number of hydrogen-bond donors (Lipinski definition) is 0. The van der Waals surface area contributed by atoms with E-state index in [1.165, 1.54) is 12.3 Å². The lowest BCUT2D eigenvalue weighted by Gasteiger charge is -2.34. The summed E-state index contributed by atoms with van der Waals surface area (Å²) in [4.78, 5) is 37.9. The molecule has 3 heterocycles. The fourth-order valence-electron chi connectivity index (χ4n) is 4.28. The van der Waals surface area contributed by atoms with Gasteiger partial charge >= 0.3 is 0 Å². The summed E-state index contributed by atoms with van der Waals surface area (Å²) in [7, 11) is 0. The van der Waals surface area contributed by atoms with Gasteiger partial charge in [0.05, 0.1) is 17.5 Å². The predicted molar refractivity (Wildman–Crippen MR) is 111 cm³/mol. The molecule has 0 unspecified atom stereocenters. The zero-order valence-electron chi connectivity index (χ0n) is 16.8. The average Bonchev–Trinajstić information content (AvgIpc) is 3.33. The number of Topliss-reactive ketones (excluding diaryl/α,β-unsaturated/α-hetero) is 1. The van der Waals surface area contributed by atoms with E-state index in [0.717, 1.165) is 0 Å². The molecule has 0 bridgehead atoms. The Hall–Kier alpha value is -3.55. The van der Waals surface area contributed by atoms with Crippen LogP contribution in [0.1, 0.15) is 44.5 Å². The fraction of sp³-hybridized carbons (Fsp3) is 0.304. The molecule has 1 atom stereocenters. The zero-order chi connectivity index (χ0) is 21.4. The smallest absolute Gasteiger partial charge is 0.289 e. The van der Waals surface area contributed by atoms with Gasteiger partial charge < -0.3 is 14.2 Å². The van der Waals surface area contributed by atoms with Crippen molar-refractivity contribution in [3.63, 3.8) is 0 Å². The standard InChI is InChI=1S/C23H21FN4O3/c24-18-5-2-1-4-16(18)15-12-19-17(20(29)13-15)14-25-23(26-19)28-9-7-27(8-10-28)22(30)21-6-3-11-31-21/h1-6,11,14-15H,7-10,12-13H2/t15-/m1/s1. The summed E-state index contributed by atoms with van der Waals surface area (Å²) in [5.41, 5.74) is 1.72. The normalized spacial score (nSPS) is 18.7. The highest BCUT2D eigenvalue weighted by molar-refractivity contribution is 5.98. The maximum atomic E-state index is 14.3. The van der Waals surface area contributed by atoms with Gasteiger partial charge in [0.15, 0.2) is 11.5 Å². The lowest BCUT2D eigenvalue weighted by molar-refractivity contribution is 0.0714. The third-order valence-corrected chi connectivity index (χ3v) is 5.95. The Bertz CT molecular complexity index is 1120. The van der Waals surface area contributed by atoms with Crippen molar-refractivity contribution in [1.82, 2.24) is 14.9 Å². The van der Waals surface area contributed by atoms with E-state index < -0.39 is 0 Å². The van der Waals surface area contributed by atoms with Crippen LogP contribution in [0.25, 0.3) is 0 Å². The van der Waals surface area contributed by atoms with Crippen LogP contribution in [-0.2, 0) is 6.42 Å². The SMILES string of the molecule is O=C1C[C@H](c2ccccc2F)Cc2nc(N3CCN(C(=O)c4ccco4)CC3)ncc21. The van der Waals surface area contributed by atoms with E-state index in [-0.39, 0.29) is 29.8 Å². The molecule has 0 radical (unpaired) electrons. The molecule has 0 N–H and O–H groups in total. The molecule has 1 amide bonds. The van der Waals surface area contributed by atoms with E-state index in [4.69, 9.17) is 4.42 Å². The van der Waals surface area contributed by atoms with Crippen LogP contribution in [0.4, 0.5) is 10.3 Å². The number of carbonyl (C=O) groups excluding carboxylic acids is 2. The monoisotopic (exact) mass is 420 g/mol. The first-order chi connectivity index (χ1) is 15.1. The molecule has 0 spiro atoms. The summed E-state index contributed by atoms with van der Waals surface area (Å²) in [6.45, 7) is 2.21. The van der Waals surface area contributed by atoms with Crippen molar-refractivity contribution >= 4 is 17.6 Å². The minimum atomic E-state index is -0.296. The van der Waals surface area contributed by atoms with Crippen molar-refractivity contribution in [3.05, 3.63) is 77.3 Å². The first kappa shape index (κ1) is 19.4. The van der Waals surface area contributed by atoms with Crippen molar-refractivity contribution in [2.45, 2.75) is 18.8 Å². The number of anilines is 1. The number of ketones is 1. The zero-order valence-corrected chi connectivity index (χ0v) is 16.8. The molecule has 1 fully saturated rings. The molecule has 2 aliphatic rings.